The third-order valence-electron chi connectivity index (χ3n) is 5.25. The minimum Gasteiger partial charge on any atom is -0.302 e. The molecule has 0 aliphatic carbocycles. The predicted molar refractivity (Wildman–Crippen MR) is 134 cm³/mol. The van der Waals surface area contributed by atoms with Gasteiger partial charge in [-0.15, -0.1) is 12.4 Å². The molecule has 0 radical (unpaired) electrons. The predicted octanol–water partition coefficient (Wildman–Crippen LogP) is 6.01. The van der Waals surface area contributed by atoms with Crippen LogP contribution in [0.2, 0.25) is 0 Å². The van der Waals surface area contributed by atoms with Gasteiger partial charge in [-0.1, -0.05) is 64.9 Å². The molecule has 0 bridgehead atoms. The molecule has 1 aromatic heterocycles. The molecule has 0 N–H and O–H groups in total. The van der Waals surface area contributed by atoms with E-state index in [4.69, 9.17) is 4.98 Å². The molecule has 162 valence electrons. The van der Waals surface area contributed by atoms with Crippen molar-refractivity contribution in [2.75, 3.05) is 31.1 Å². The van der Waals surface area contributed by atoms with Crippen LogP contribution in [0.3, 0.4) is 0 Å². The van der Waals surface area contributed by atoms with Crippen LogP contribution in [0.15, 0.2) is 40.9 Å². The highest BCUT2D eigenvalue weighted by Gasteiger charge is 2.21. The molecule has 7 heteroatoms. The van der Waals surface area contributed by atoms with E-state index < -0.39 is 0 Å². The van der Waals surface area contributed by atoms with Crippen LogP contribution in [-0.4, -0.2) is 42.0 Å². The molecule has 4 nitrogen and oxygen atoms in total. The Morgan fingerprint density at radius 3 is 2.50 bits per heavy atom. The van der Waals surface area contributed by atoms with Gasteiger partial charge in [-0.05, 0) is 56.3 Å². The number of hydrogen-bond donors (Lipinski definition) is 0. The van der Waals surface area contributed by atoms with E-state index in [1.165, 1.54) is 5.56 Å². The molecule has 1 amide bonds. The molecule has 0 unspecified atom stereocenters. The zero-order valence-corrected chi connectivity index (χ0v) is 21.2. The van der Waals surface area contributed by atoms with E-state index in [1.54, 1.807) is 11.3 Å². The molecule has 1 heterocycles. The summed E-state index contributed by atoms with van der Waals surface area (Å²) < 4.78 is 2.11. The molecule has 0 aliphatic rings. The van der Waals surface area contributed by atoms with Gasteiger partial charge in [0.1, 0.15) is 0 Å². The molecular formula is C23H29BrClN3OS. The number of carbonyl (C=O) groups excluding carboxylic acids is 1. The van der Waals surface area contributed by atoms with E-state index in [0.29, 0.717) is 13.0 Å². The molecule has 0 fully saturated rings. The zero-order valence-electron chi connectivity index (χ0n) is 17.9. The van der Waals surface area contributed by atoms with Crippen molar-refractivity contribution in [3.05, 3.63) is 57.6 Å². The summed E-state index contributed by atoms with van der Waals surface area (Å²) in [6.07, 6.45) is 0.394. The smallest absolute Gasteiger partial charge is 0.233 e. The molecule has 0 saturated carbocycles. The first-order valence-electron chi connectivity index (χ1n) is 10.1. The van der Waals surface area contributed by atoms with Crippen molar-refractivity contribution in [3.8, 4) is 0 Å². The average Bonchev–Trinajstić information content (AvgIpc) is 3.10. The maximum Gasteiger partial charge on any atom is 0.233 e. The number of halogens is 2. The number of likely N-dealkylation sites (N-methyl/N-ethyl adjacent to an activating group) is 1. The number of hydrogen-bond acceptors (Lipinski definition) is 4. The van der Waals surface area contributed by atoms with Crippen LogP contribution in [0.5, 0.6) is 0 Å². The van der Waals surface area contributed by atoms with Crippen molar-refractivity contribution in [2.24, 2.45) is 0 Å². The number of rotatable bonds is 8. The highest BCUT2D eigenvalue weighted by molar-refractivity contribution is 9.10. The number of fused-ring (bicyclic) bond motifs is 1. The number of amides is 1. The van der Waals surface area contributed by atoms with Crippen LogP contribution < -0.4 is 4.90 Å². The number of carbonyl (C=O) groups is 1. The number of nitrogens with zero attached hydrogens (tertiary/aromatic N) is 3. The van der Waals surface area contributed by atoms with Gasteiger partial charge in [-0.3, -0.25) is 9.69 Å². The fourth-order valence-electron chi connectivity index (χ4n) is 3.36. The van der Waals surface area contributed by atoms with Crippen molar-refractivity contribution < 1.29 is 4.79 Å². The van der Waals surface area contributed by atoms with Crippen molar-refractivity contribution in [2.45, 2.75) is 34.1 Å². The van der Waals surface area contributed by atoms with Crippen LogP contribution >= 0.6 is 39.7 Å². The fourth-order valence-corrected chi connectivity index (χ4v) is 4.92. The lowest BCUT2D eigenvalue weighted by atomic mass is 10.0. The summed E-state index contributed by atoms with van der Waals surface area (Å²) in [6, 6.07) is 12.3. The van der Waals surface area contributed by atoms with Gasteiger partial charge < -0.3 is 4.90 Å². The van der Waals surface area contributed by atoms with E-state index in [-0.39, 0.29) is 18.3 Å². The number of thiazole rings is 1. The molecule has 0 saturated heterocycles. The SMILES string of the molecule is CCN(CC)CCN(C(=O)Cc1cc(C)ccc1C)c1nc2ccc(Br)cc2s1.Cl. The van der Waals surface area contributed by atoms with Crippen molar-refractivity contribution in [1.82, 2.24) is 9.88 Å². The lowest BCUT2D eigenvalue weighted by Crippen LogP contribution is -2.39. The van der Waals surface area contributed by atoms with Gasteiger partial charge in [0.05, 0.1) is 16.6 Å². The second-order valence-electron chi connectivity index (χ2n) is 7.29. The van der Waals surface area contributed by atoms with Gasteiger partial charge in [-0.25, -0.2) is 4.98 Å². The van der Waals surface area contributed by atoms with Gasteiger partial charge >= 0.3 is 0 Å². The summed E-state index contributed by atoms with van der Waals surface area (Å²) in [5, 5.41) is 0.778. The molecule has 0 aliphatic heterocycles. The van der Waals surface area contributed by atoms with Gasteiger partial charge in [0, 0.05) is 17.6 Å². The van der Waals surface area contributed by atoms with E-state index in [1.807, 2.05) is 17.0 Å². The highest BCUT2D eigenvalue weighted by Crippen LogP contribution is 2.31. The highest BCUT2D eigenvalue weighted by atomic mass is 79.9. The summed E-state index contributed by atoms with van der Waals surface area (Å²) >= 11 is 5.10. The minimum absolute atomic E-state index is 0. The topological polar surface area (TPSA) is 36.4 Å². The summed E-state index contributed by atoms with van der Waals surface area (Å²) in [7, 11) is 0. The lowest BCUT2D eigenvalue weighted by molar-refractivity contribution is -0.118. The third kappa shape index (κ3) is 6.03. The minimum atomic E-state index is 0. The van der Waals surface area contributed by atoms with Gasteiger partial charge in [0.2, 0.25) is 5.91 Å². The average molecular weight is 511 g/mol. The number of aryl methyl sites for hydroxylation is 2. The van der Waals surface area contributed by atoms with Crippen LogP contribution in [0, 0.1) is 13.8 Å². The Labute approximate surface area is 197 Å². The Morgan fingerprint density at radius 2 is 1.80 bits per heavy atom. The van der Waals surface area contributed by atoms with Crippen LogP contribution in [0.4, 0.5) is 5.13 Å². The third-order valence-corrected chi connectivity index (χ3v) is 6.79. The van der Waals surface area contributed by atoms with Gasteiger partial charge in [0.25, 0.3) is 0 Å². The van der Waals surface area contributed by atoms with E-state index in [2.05, 4.69) is 72.8 Å². The van der Waals surface area contributed by atoms with Gasteiger partial charge in [-0.2, -0.15) is 0 Å². The van der Waals surface area contributed by atoms with E-state index >= 15 is 0 Å². The Morgan fingerprint density at radius 1 is 1.07 bits per heavy atom. The Bertz CT molecular complexity index is 1000. The number of anilines is 1. The maximum absolute atomic E-state index is 13.4. The van der Waals surface area contributed by atoms with Crippen LogP contribution in [-0.2, 0) is 11.2 Å². The first-order chi connectivity index (χ1) is 13.9. The summed E-state index contributed by atoms with van der Waals surface area (Å²) in [6.45, 7) is 11.9. The summed E-state index contributed by atoms with van der Waals surface area (Å²) in [5.41, 5.74) is 4.35. The zero-order chi connectivity index (χ0) is 21.0. The lowest BCUT2D eigenvalue weighted by Gasteiger charge is -2.25. The molecule has 30 heavy (non-hydrogen) atoms. The first kappa shape index (κ1) is 24.8. The number of benzene rings is 2. The molecule has 3 aromatic rings. The van der Waals surface area contributed by atoms with E-state index in [9.17, 15) is 4.79 Å². The largest absolute Gasteiger partial charge is 0.302 e. The Kier molecular flexibility index (Phi) is 9.29. The molecule has 0 atom stereocenters. The summed E-state index contributed by atoms with van der Waals surface area (Å²) in [5.74, 6) is 0.101. The van der Waals surface area contributed by atoms with Gasteiger partial charge in [0.15, 0.2) is 5.13 Å². The Hall–Kier alpha value is -1.47. The first-order valence-corrected chi connectivity index (χ1v) is 11.7. The molecule has 2 aromatic carbocycles. The Balaban J connectivity index is 0.00000320. The van der Waals surface area contributed by atoms with Crippen molar-refractivity contribution in [1.29, 1.82) is 0 Å². The standard InChI is InChI=1S/C23H28BrN3OS.ClH/c1-5-26(6-2)11-12-27(22(28)14-18-13-16(3)7-8-17(18)4)23-25-20-10-9-19(24)15-21(20)29-23;/h7-10,13,15H,5-6,11-12,14H2,1-4H3;1H. The second-order valence-corrected chi connectivity index (χ2v) is 9.21. The monoisotopic (exact) mass is 509 g/mol. The van der Waals surface area contributed by atoms with Crippen molar-refractivity contribution >= 4 is 60.9 Å². The quantitative estimate of drug-likeness (QED) is 0.372. The van der Waals surface area contributed by atoms with Crippen molar-refractivity contribution in [3.63, 3.8) is 0 Å². The maximum atomic E-state index is 13.4. The van der Waals surface area contributed by atoms with E-state index in [0.717, 1.165) is 50.6 Å². The second kappa shape index (κ2) is 11.2. The van der Waals surface area contributed by atoms with Crippen LogP contribution in [0.1, 0.15) is 30.5 Å². The summed E-state index contributed by atoms with van der Waals surface area (Å²) in [4.78, 5) is 22.4. The molecular weight excluding hydrogens is 482 g/mol. The molecule has 3 rings (SSSR count). The van der Waals surface area contributed by atoms with Crippen LogP contribution in [0.25, 0.3) is 10.2 Å². The fraction of sp³-hybridized carbons (Fsp3) is 0.391. The number of aromatic nitrogens is 1. The molecule has 0 spiro atoms. The normalized spacial score (nSPS) is 11.0.